The predicted octanol–water partition coefficient (Wildman–Crippen LogP) is 1.30. The number of H-pyrrole nitrogens is 1. The molecule has 17 heavy (non-hydrogen) atoms. The molecule has 0 saturated heterocycles. The van der Waals surface area contributed by atoms with Crippen molar-refractivity contribution in [2.24, 2.45) is 5.73 Å². The number of nitrogens with zero attached hydrogens (tertiary/aromatic N) is 2. The summed E-state index contributed by atoms with van der Waals surface area (Å²) in [4.78, 5) is 13.4. The quantitative estimate of drug-likeness (QED) is 0.783. The Bertz CT molecular complexity index is 524. The summed E-state index contributed by atoms with van der Waals surface area (Å²) < 4.78 is 0. The molecular formula is C11H10N4OS. The number of aromatic amines is 1. The fourth-order valence-corrected chi connectivity index (χ4v) is 1.58. The van der Waals surface area contributed by atoms with Gasteiger partial charge >= 0.3 is 0 Å². The number of carbonyl (C=O) groups is 1. The molecule has 0 atom stereocenters. The molecule has 6 heteroatoms. The van der Waals surface area contributed by atoms with Gasteiger partial charge in [0.1, 0.15) is 0 Å². The lowest BCUT2D eigenvalue weighted by Gasteiger charge is -2.17. The van der Waals surface area contributed by atoms with Crippen LogP contribution in [0.5, 0.6) is 0 Å². The van der Waals surface area contributed by atoms with E-state index in [1.54, 1.807) is 36.5 Å². The van der Waals surface area contributed by atoms with E-state index in [9.17, 15) is 4.79 Å². The first-order valence-corrected chi connectivity index (χ1v) is 5.29. The SMILES string of the molecule is NC(=S)N(C(=O)c1ccccc1)c1cc[nH]n1. The number of thiocarbonyl (C=S) groups is 1. The molecule has 0 fully saturated rings. The highest BCUT2D eigenvalue weighted by Crippen LogP contribution is 2.13. The van der Waals surface area contributed by atoms with E-state index in [0.717, 1.165) is 0 Å². The van der Waals surface area contributed by atoms with E-state index in [-0.39, 0.29) is 11.0 Å². The standard InChI is InChI=1S/C11H10N4OS/c12-11(17)15(9-6-7-13-14-9)10(16)8-4-2-1-3-5-8/h1-7H,(H2,12,17)(H,13,14). The van der Waals surface area contributed by atoms with Crippen LogP contribution in [0.2, 0.25) is 0 Å². The molecule has 0 unspecified atom stereocenters. The van der Waals surface area contributed by atoms with Gasteiger partial charge in [-0.25, -0.2) is 4.90 Å². The number of anilines is 1. The summed E-state index contributed by atoms with van der Waals surface area (Å²) >= 11 is 4.87. The molecule has 0 saturated carbocycles. The summed E-state index contributed by atoms with van der Waals surface area (Å²) in [7, 11) is 0. The normalized spacial score (nSPS) is 9.88. The monoisotopic (exact) mass is 246 g/mol. The van der Waals surface area contributed by atoms with Crippen molar-refractivity contribution in [3.05, 3.63) is 48.2 Å². The Labute approximate surface area is 103 Å². The van der Waals surface area contributed by atoms with Crippen molar-refractivity contribution in [3.63, 3.8) is 0 Å². The zero-order valence-electron chi connectivity index (χ0n) is 8.83. The molecule has 2 rings (SSSR count). The van der Waals surface area contributed by atoms with Crippen LogP contribution in [-0.4, -0.2) is 21.2 Å². The average molecular weight is 246 g/mol. The number of aromatic nitrogens is 2. The minimum absolute atomic E-state index is 0.0362. The number of nitrogens with two attached hydrogens (primary N) is 1. The molecule has 1 aromatic carbocycles. The third-order valence-corrected chi connectivity index (χ3v) is 2.34. The second-order valence-electron chi connectivity index (χ2n) is 3.28. The van der Waals surface area contributed by atoms with E-state index in [4.69, 9.17) is 18.0 Å². The molecule has 86 valence electrons. The van der Waals surface area contributed by atoms with Crippen LogP contribution in [-0.2, 0) is 0 Å². The summed E-state index contributed by atoms with van der Waals surface area (Å²) in [6.07, 6.45) is 1.60. The maximum atomic E-state index is 12.2. The number of carbonyl (C=O) groups excluding carboxylic acids is 1. The van der Waals surface area contributed by atoms with Crippen LogP contribution in [0.3, 0.4) is 0 Å². The molecule has 0 aliphatic heterocycles. The smallest absolute Gasteiger partial charge is 0.265 e. The lowest BCUT2D eigenvalue weighted by molar-refractivity contribution is 0.100. The van der Waals surface area contributed by atoms with E-state index in [0.29, 0.717) is 11.4 Å². The van der Waals surface area contributed by atoms with Crippen molar-refractivity contribution in [2.75, 3.05) is 4.90 Å². The lowest BCUT2D eigenvalue weighted by atomic mass is 10.2. The van der Waals surface area contributed by atoms with Crippen LogP contribution in [0.1, 0.15) is 10.4 Å². The summed E-state index contributed by atoms with van der Waals surface area (Å²) in [5.74, 6) is 0.0801. The van der Waals surface area contributed by atoms with Crippen molar-refractivity contribution in [1.29, 1.82) is 0 Å². The number of hydrogen-bond donors (Lipinski definition) is 2. The number of amides is 1. The number of hydrogen-bond acceptors (Lipinski definition) is 3. The number of benzene rings is 1. The minimum Gasteiger partial charge on any atom is -0.375 e. The Hall–Kier alpha value is -2.21. The second-order valence-corrected chi connectivity index (χ2v) is 3.70. The van der Waals surface area contributed by atoms with E-state index in [1.807, 2.05) is 6.07 Å². The van der Waals surface area contributed by atoms with Gasteiger partial charge in [-0.2, -0.15) is 5.10 Å². The van der Waals surface area contributed by atoms with Crippen LogP contribution in [0, 0.1) is 0 Å². The topological polar surface area (TPSA) is 75.0 Å². The van der Waals surface area contributed by atoms with Gasteiger partial charge in [0, 0.05) is 17.8 Å². The van der Waals surface area contributed by atoms with Gasteiger partial charge in [0.15, 0.2) is 10.9 Å². The van der Waals surface area contributed by atoms with Crippen LogP contribution in [0.25, 0.3) is 0 Å². The molecule has 2 aromatic rings. The summed E-state index contributed by atoms with van der Waals surface area (Å²) in [5.41, 5.74) is 6.05. The summed E-state index contributed by atoms with van der Waals surface area (Å²) in [5, 5.41) is 6.47. The molecule has 0 aliphatic rings. The van der Waals surface area contributed by atoms with Crippen LogP contribution in [0.15, 0.2) is 42.6 Å². The largest absolute Gasteiger partial charge is 0.375 e. The van der Waals surface area contributed by atoms with E-state index < -0.39 is 0 Å². The fraction of sp³-hybridized carbons (Fsp3) is 0. The minimum atomic E-state index is -0.301. The molecule has 5 nitrogen and oxygen atoms in total. The highest BCUT2D eigenvalue weighted by Gasteiger charge is 2.21. The fourth-order valence-electron chi connectivity index (χ4n) is 1.40. The first-order valence-electron chi connectivity index (χ1n) is 4.89. The zero-order valence-corrected chi connectivity index (χ0v) is 9.65. The molecule has 0 bridgehead atoms. The molecular weight excluding hydrogens is 236 g/mol. The zero-order chi connectivity index (χ0) is 12.3. The highest BCUT2D eigenvalue weighted by atomic mass is 32.1. The van der Waals surface area contributed by atoms with Crippen LogP contribution in [0.4, 0.5) is 5.82 Å². The third-order valence-electron chi connectivity index (χ3n) is 2.16. The lowest BCUT2D eigenvalue weighted by Crippen LogP contribution is -2.40. The number of nitrogens with one attached hydrogen (secondary N) is 1. The second kappa shape index (κ2) is 4.75. The molecule has 1 aromatic heterocycles. The molecule has 1 heterocycles. The maximum absolute atomic E-state index is 12.2. The Balaban J connectivity index is 2.36. The molecule has 0 aliphatic carbocycles. The van der Waals surface area contributed by atoms with Crippen molar-refractivity contribution in [3.8, 4) is 0 Å². The van der Waals surface area contributed by atoms with Crippen molar-refractivity contribution in [2.45, 2.75) is 0 Å². The third kappa shape index (κ3) is 2.31. The Kier molecular flexibility index (Phi) is 3.15. The van der Waals surface area contributed by atoms with Gasteiger partial charge in [0.05, 0.1) is 0 Å². The van der Waals surface area contributed by atoms with E-state index in [1.165, 1.54) is 4.90 Å². The summed E-state index contributed by atoms with van der Waals surface area (Å²) in [6.45, 7) is 0. The van der Waals surface area contributed by atoms with Gasteiger partial charge in [-0.1, -0.05) is 18.2 Å². The first-order chi connectivity index (χ1) is 8.20. The Morgan fingerprint density at radius 1 is 1.29 bits per heavy atom. The molecule has 0 spiro atoms. The van der Waals surface area contributed by atoms with Gasteiger partial charge in [-0.15, -0.1) is 0 Å². The first kappa shape index (κ1) is 11.3. The van der Waals surface area contributed by atoms with Gasteiger partial charge in [-0.05, 0) is 24.4 Å². The Morgan fingerprint density at radius 2 is 2.00 bits per heavy atom. The van der Waals surface area contributed by atoms with Gasteiger partial charge < -0.3 is 5.73 Å². The van der Waals surface area contributed by atoms with E-state index >= 15 is 0 Å². The van der Waals surface area contributed by atoms with Crippen molar-refractivity contribution < 1.29 is 4.79 Å². The van der Waals surface area contributed by atoms with Crippen molar-refractivity contribution >= 4 is 29.1 Å². The summed E-state index contributed by atoms with van der Waals surface area (Å²) in [6, 6.07) is 10.4. The molecule has 0 radical (unpaired) electrons. The van der Waals surface area contributed by atoms with E-state index in [2.05, 4.69) is 10.2 Å². The molecule has 3 N–H and O–H groups in total. The van der Waals surface area contributed by atoms with Crippen LogP contribution < -0.4 is 10.6 Å². The average Bonchev–Trinajstić information content (AvgIpc) is 2.83. The molecule has 1 amide bonds. The number of rotatable bonds is 2. The Morgan fingerprint density at radius 3 is 2.53 bits per heavy atom. The van der Waals surface area contributed by atoms with Gasteiger partial charge in [0.25, 0.3) is 5.91 Å². The van der Waals surface area contributed by atoms with Gasteiger partial charge in [-0.3, -0.25) is 9.89 Å². The van der Waals surface area contributed by atoms with Crippen molar-refractivity contribution in [1.82, 2.24) is 10.2 Å². The van der Waals surface area contributed by atoms with Crippen LogP contribution >= 0.6 is 12.2 Å². The van der Waals surface area contributed by atoms with Gasteiger partial charge in [0.2, 0.25) is 0 Å². The maximum Gasteiger partial charge on any atom is 0.265 e. The highest BCUT2D eigenvalue weighted by molar-refractivity contribution is 7.80. The predicted molar refractivity (Wildman–Crippen MR) is 68.6 cm³/mol.